The molecule has 0 bridgehead atoms. The number of halogens is 2. The Morgan fingerprint density at radius 3 is 2.84 bits per heavy atom. The van der Waals surface area contributed by atoms with Gasteiger partial charge in [-0.15, -0.1) is 5.10 Å². The average molecular weight is 267 g/mol. The molecule has 1 N–H and O–H groups in total. The van der Waals surface area contributed by atoms with E-state index >= 15 is 0 Å². The highest BCUT2D eigenvalue weighted by Crippen LogP contribution is 2.11. The van der Waals surface area contributed by atoms with Crippen LogP contribution in [0.1, 0.15) is 17.7 Å². The molecule has 19 heavy (non-hydrogen) atoms. The van der Waals surface area contributed by atoms with Crippen molar-refractivity contribution in [2.24, 2.45) is 0 Å². The molecule has 7 heteroatoms. The molecule has 1 aromatic carbocycles. The van der Waals surface area contributed by atoms with Crippen LogP contribution in [-0.2, 0) is 17.8 Å². The number of carbonyl (C=O) groups is 1. The molecule has 2 aromatic rings. The molecule has 5 nitrogen and oxygen atoms in total. The zero-order chi connectivity index (χ0) is 13.8. The van der Waals surface area contributed by atoms with Crippen molar-refractivity contribution >= 4 is 5.97 Å². The molecule has 0 aliphatic heterocycles. The second-order valence-corrected chi connectivity index (χ2v) is 4.04. The quantitative estimate of drug-likeness (QED) is 0.893. The van der Waals surface area contributed by atoms with Crippen molar-refractivity contribution in [3.8, 4) is 0 Å². The van der Waals surface area contributed by atoms with Gasteiger partial charge in [0.1, 0.15) is 11.6 Å². The summed E-state index contributed by atoms with van der Waals surface area (Å²) in [5, 5.41) is 16.1. The molecular weight excluding hydrogens is 256 g/mol. The van der Waals surface area contributed by atoms with Crippen molar-refractivity contribution in [1.82, 2.24) is 15.0 Å². The van der Waals surface area contributed by atoms with E-state index in [1.165, 1.54) is 16.8 Å². The lowest BCUT2D eigenvalue weighted by atomic mass is 10.2. The minimum atomic E-state index is -0.917. The standard InChI is InChI=1S/C12H11F2N3O2/c13-9-2-1-8(11(14)5-9)6-17-7-10(15-16-17)3-4-12(18)19/h1-2,5,7H,3-4,6H2,(H,18,19). The highest BCUT2D eigenvalue weighted by atomic mass is 19.1. The van der Waals surface area contributed by atoms with Gasteiger partial charge in [-0.2, -0.15) is 0 Å². The van der Waals surface area contributed by atoms with Crippen molar-refractivity contribution in [3.63, 3.8) is 0 Å². The number of aliphatic carboxylic acids is 1. The third-order valence-electron chi connectivity index (χ3n) is 2.53. The van der Waals surface area contributed by atoms with E-state index in [2.05, 4.69) is 10.3 Å². The lowest BCUT2D eigenvalue weighted by Crippen LogP contribution is -2.03. The molecule has 0 fully saturated rings. The highest BCUT2D eigenvalue weighted by Gasteiger charge is 2.07. The number of aromatic nitrogens is 3. The molecule has 0 aliphatic rings. The summed E-state index contributed by atoms with van der Waals surface area (Å²) in [4.78, 5) is 10.4. The maximum Gasteiger partial charge on any atom is 0.303 e. The fourth-order valence-corrected chi connectivity index (χ4v) is 1.59. The van der Waals surface area contributed by atoms with E-state index in [-0.39, 0.29) is 24.9 Å². The number of carboxylic acids is 1. The zero-order valence-corrected chi connectivity index (χ0v) is 9.88. The molecule has 0 spiro atoms. The number of rotatable bonds is 5. The Kier molecular flexibility index (Phi) is 3.84. The molecule has 0 saturated heterocycles. The summed E-state index contributed by atoms with van der Waals surface area (Å²) in [5.74, 6) is -2.20. The van der Waals surface area contributed by atoms with Crippen molar-refractivity contribution in [1.29, 1.82) is 0 Å². The van der Waals surface area contributed by atoms with Crippen LogP contribution in [0.3, 0.4) is 0 Å². The highest BCUT2D eigenvalue weighted by molar-refractivity contribution is 5.66. The average Bonchev–Trinajstić information content (AvgIpc) is 2.78. The Labute approximate surface area is 107 Å². The van der Waals surface area contributed by atoms with E-state index in [0.717, 1.165) is 6.07 Å². The lowest BCUT2D eigenvalue weighted by Gasteiger charge is -2.02. The second kappa shape index (κ2) is 5.55. The first kappa shape index (κ1) is 13.1. The Morgan fingerprint density at radius 2 is 2.16 bits per heavy atom. The molecule has 1 aromatic heterocycles. The summed E-state index contributed by atoms with van der Waals surface area (Å²) >= 11 is 0. The topological polar surface area (TPSA) is 68.0 Å². The van der Waals surface area contributed by atoms with Crippen LogP contribution >= 0.6 is 0 Å². The van der Waals surface area contributed by atoms with Gasteiger partial charge in [0.25, 0.3) is 0 Å². The summed E-state index contributed by atoms with van der Waals surface area (Å²) in [6.07, 6.45) is 1.77. The van der Waals surface area contributed by atoms with Crippen LogP contribution in [0.5, 0.6) is 0 Å². The summed E-state index contributed by atoms with van der Waals surface area (Å²) in [6.45, 7) is 0.117. The largest absolute Gasteiger partial charge is 0.481 e. The van der Waals surface area contributed by atoms with Gasteiger partial charge in [-0.05, 0) is 6.07 Å². The predicted octanol–water partition coefficient (Wildman–Crippen LogP) is 1.62. The molecule has 0 aliphatic carbocycles. The summed E-state index contributed by atoms with van der Waals surface area (Å²) in [6, 6.07) is 3.31. The summed E-state index contributed by atoms with van der Waals surface area (Å²) in [7, 11) is 0. The number of hydrogen-bond donors (Lipinski definition) is 1. The second-order valence-electron chi connectivity index (χ2n) is 4.04. The first-order valence-electron chi connectivity index (χ1n) is 5.59. The van der Waals surface area contributed by atoms with Gasteiger partial charge in [0.15, 0.2) is 0 Å². The fourth-order valence-electron chi connectivity index (χ4n) is 1.59. The van der Waals surface area contributed by atoms with E-state index < -0.39 is 17.6 Å². The fraction of sp³-hybridized carbons (Fsp3) is 0.250. The maximum atomic E-state index is 13.4. The number of hydrogen-bond acceptors (Lipinski definition) is 3. The SMILES string of the molecule is O=C(O)CCc1cn(Cc2ccc(F)cc2F)nn1. The van der Waals surface area contributed by atoms with Crippen molar-refractivity contribution < 1.29 is 18.7 Å². The molecular formula is C12H11F2N3O2. The van der Waals surface area contributed by atoms with Crippen LogP contribution in [-0.4, -0.2) is 26.1 Å². The molecule has 0 radical (unpaired) electrons. The number of aryl methyl sites for hydroxylation is 1. The Balaban J connectivity index is 2.05. The third-order valence-corrected chi connectivity index (χ3v) is 2.53. The Hall–Kier alpha value is -2.31. The van der Waals surface area contributed by atoms with Crippen LogP contribution in [0.2, 0.25) is 0 Å². The summed E-state index contributed by atoms with van der Waals surface area (Å²) in [5.41, 5.74) is 0.806. The number of nitrogens with zero attached hydrogens (tertiary/aromatic N) is 3. The minimum Gasteiger partial charge on any atom is -0.481 e. The van der Waals surface area contributed by atoms with Gasteiger partial charge in [0.05, 0.1) is 18.7 Å². The van der Waals surface area contributed by atoms with Gasteiger partial charge < -0.3 is 5.11 Å². The normalized spacial score (nSPS) is 10.6. The van der Waals surface area contributed by atoms with Crippen LogP contribution < -0.4 is 0 Å². The van der Waals surface area contributed by atoms with Crippen molar-refractivity contribution in [3.05, 3.63) is 47.3 Å². The minimum absolute atomic E-state index is 0.0381. The van der Waals surface area contributed by atoms with E-state index in [0.29, 0.717) is 5.69 Å². The van der Waals surface area contributed by atoms with Crippen LogP contribution in [0.15, 0.2) is 24.4 Å². The summed E-state index contributed by atoms with van der Waals surface area (Å²) < 4.78 is 27.5. The maximum absolute atomic E-state index is 13.4. The van der Waals surface area contributed by atoms with Gasteiger partial charge in [-0.3, -0.25) is 4.79 Å². The van der Waals surface area contributed by atoms with E-state index in [9.17, 15) is 13.6 Å². The molecule has 1 heterocycles. The van der Waals surface area contributed by atoms with Crippen LogP contribution in [0.4, 0.5) is 8.78 Å². The van der Waals surface area contributed by atoms with E-state index in [4.69, 9.17) is 5.11 Å². The number of carboxylic acid groups (broad SMARTS) is 1. The molecule has 2 rings (SSSR count). The van der Waals surface area contributed by atoms with Crippen LogP contribution in [0.25, 0.3) is 0 Å². The van der Waals surface area contributed by atoms with Crippen molar-refractivity contribution in [2.75, 3.05) is 0 Å². The first-order valence-corrected chi connectivity index (χ1v) is 5.59. The van der Waals surface area contributed by atoms with Gasteiger partial charge in [-0.25, -0.2) is 13.5 Å². The monoisotopic (exact) mass is 267 g/mol. The zero-order valence-electron chi connectivity index (χ0n) is 9.88. The smallest absolute Gasteiger partial charge is 0.303 e. The number of benzene rings is 1. The van der Waals surface area contributed by atoms with E-state index in [1.807, 2.05) is 0 Å². The van der Waals surface area contributed by atoms with Gasteiger partial charge >= 0.3 is 5.97 Å². The molecule has 0 atom stereocenters. The lowest BCUT2D eigenvalue weighted by molar-refractivity contribution is -0.136. The molecule has 0 saturated carbocycles. The molecule has 0 amide bonds. The van der Waals surface area contributed by atoms with Crippen molar-refractivity contribution in [2.45, 2.75) is 19.4 Å². The van der Waals surface area contributed by atoms with Gasteiger partial charge in [0.2, 0.25) is 0 Å². The predicted molar refractivity (Wildman–Crippen MR) is 61.4 cm³/mol. The Bertz CT molecular complexity index is 598. The molecule has 100 valence electrons. The first-order chi connectivity index (χ1) is 9.04. The molecule has 0 unspecified atom stereocenters. The Morgan fingerprint density at radius 1 is 1.37 bits per heavy atom. The van der Waals surface area contributed by atoms with E-state index in [1.54, 1.807) is 6.20 Å². The van der Waals surface area contributed by atoms with Gasteiger partial charge in [-0.1, -0.05) is 11.3 Å². The van der Waals surface area contributed by atoms with Gasteiger partial charge in [0, 0.05) is 24.2 Å². The third kappa shape index (κ3) is 3.57. The van der Waals surface area contributed by atoms with Crippen LogP contribution in [0, 0.1) is 11.6 Å².